The predicted octanol–water partition coefficient (Wildman–Crippen LogP) is 3.43. The quantitative estimate of drug-likeness (QED) is 0.664. The lowest BCUT2D eigenvalue weighted by molar-refractivity contribution is -0.129. The van der Waals surface area contributed by atoms with E-state index in [-0.39, 0.29) is 11.8 Å². The third kappa shape index (κ3) is 8.60. The van der Waals surface area contributed by atoms with Crippen LogP contribution in [0, 0.1) is 0 Å². The minimum Gasteiger partial charge on any atom is -0.356 e. The molecule has 0 aliphatic heterocycles. The molecule has 2 amide bonds. The lowest BCUT2D eigenvalue weighted by atomic mass is 10.1. The summed E-state index contributed by atoms with van der Waals surface area (Å²) < 4.78 is 0. The first-order chi connectivity index (χ1) is 11.0. The van der Waals surface area contributed by atoms with Gasteiger partial charge in [-0.05, 0) is 30.5 Å². The lowest BCUT2D eigenvalue weighted by Gasteiger charge is -2.21. The fourth-order valence-corrected chi connectivity index (χ4v) is 2.52. The number of rotatable bonds is 10. The molecular weight excluding hydrogens is 312 g/mol. The van der Waals surface area contributed by atoms with E-state index < -0.39 is 0 Å². The smallest absolute Gasteiger partial charge is 0.221 e. The monoisotopic (exact) mass is 338 g/mol. The van der Waals surface area contributed by atoms with Crippen LogP contribution in [0.4, 0.5) is 0 Å². The van der Waals surface area contributed by atoms with Crippen LogP contribution in [0.2, 0.25) is 5.02 Å². The van der Waals surface area contributed by atoms with Gasteiger partial charge in [0.2, 0.25) is 11.8 Å². The van der Waals surface area contributed by atoms with Gasteiger partial charge in [0.25, 0.3) is 0 Å². The van der Waals surface area contributed by atoms with Crippen LogP contribution in [-0.4, -0.2) is 36.3 Å². The molecule has 0 fully saturated rings. The highest BCUT2D eigenvalue weighted by Gasteiger charge is 2.11. The van der Waals surface area contributed by atoms with Gasteiger partial charge in [0, 0.05) is 38.0 Å². The lowest BCUT2D eigenvalue weighted by Crippen LogP contribution is -2.35. The molecule has 0 bridgehead atoms. The molecule has 0 saturated heterocycles. The van der Waals surface area contributed by atoms with Crippen molar-refractivity contribution in [2.75, 3.05) is 19.6 Å². The van der Waals surface area contributed by atoms with Crippen molar-refractivity contribution >= 4 is 23.4 Å². The first-order valence-corrected chi connectivity index (χ1v) is 8.67. The van der Waals surface area contributed by atoms with E-state index in [1.54, 1.807) is 4.90 Å². The molecule has 5 heteroatoms. The van der Waals surface area contributed by atoms with E-state index in [4.69, 9.17) is 11.6 Å². The summed E-state index contributed by atoms with van der Waals surface area (Å²) in [6.07, 6.45) is 4.35. The summed E-state index contributed by atoms with van der Waals surface area (Å²) in [5, 5.41) is 3.60. The molecule has 0 unspecified atom stereocenters. The van der Waals surface area contributed by atoms with Crippen LogP contribution in [-0.2, 0) is 16.0 Å². The average Bonchev–Trinajstić information content (AvgIpc) is 2.51. The Morgan fingerprint density at radius 2 is 2.00 bits per heavy atom. The number of nitrogens with one attached hydrogen (secondary N) is 1. The van der Waals surface area contributed by atoms with Gasteiger partial charge in [-0.1, -0.05) is 43.5 Å². The topological polar surface area (TPSA) is 49.4 Å². The number of carbonyl (C=O) groups excluding carboxylic acids is 2. The van der Waals surface area contributed by atoms with Crippen molar-refractivity contribution in [2.24, 2.45) is 0 Å². The van der Waals surface area contributed by atoms with Gasteiger partial charge in [0.15, 0.2) is 0 Å². The molecule has 128 valence electrons. The molecule has 0 aromatic heterocycles. The maximum absolute atomic E-state index is 11.8. The SMILES string of the molecule is CCCCCNC(=O)CCN(CCc1cccc(Cl)c1)C(C)=O. The van der Waals surface area contributed by atoms with Crippen molar-refractivity contribution < 1.29 is 9.59 Å². The van der Waals surface area contributed by atoms with E-state index in [1.807, 2.05) is 24.3 Å². The zero-order valence-corrected chi connectivity index (χ0v) is 14.9. The van der Waals surface area contributed by atoms with Crippen LogP contribution >= 0.6 is 11.6 Å². The average molecular weight is 339 g/mol. The summed E-state index contributed by atoms with van der Waals surface area (Å²) in [4.78, 5) is 25.2. The van der Waals surface area contributed by atoms with Crippen molar-refractivity contribution in [1.82, 2.24) is 10.2 Å². The highest BCUT2D eigenvalue weighted by atomic mass is 35.5. The van der Waals surface area contributed by atoms with Crippen molar-refractivity contribution in [1.29, 1.82) is 0 Å². The molecule has 1 aromatic carbocycles. The molecule has 0 saturated carbocycles. The molecule has 0 aliphatic carbocycles. The van der Waals surface area contributed by atoms with Crippen molar-refractivity contribution in [2.45, 2.75) is 46.0 Å². The maximum Gasteiger partial charge on any atom is 0.221 e. The van der Waals surface area contributed by atoms with Gasteiger partial charge in [0.1, 0.15) is 0 Å². The molecule has 0 radical (unpaired) electrons. The number of carbonyl (C=O) groups is 2. The second kappa shape index (κ2) is 11.1. The van der Waals surface area contributed by atoms with Crippen LogP contribution in [0.3, 0.4) is 0 Å². The largest absolute Gasteiger partial charge is 0.356 e. The van der Waals surface area contributed by atoms with Crippen LogP contribution in [0.25, 0.3) is 0 Å². The normalized spacial score (nSPS) is 10.4. The molecule has 1 N–H and O–H groups in total. The van der Waals surface area contributed by atoms with Gasteiger partial charge >= 0.3 is 0 Å². The Kier molecular flexibility index (Phi) is 9.37. The zero-order chi connectivity index (χ0) is 17.1. The van der Waals surface area contributed by atoms with Crippen LogP contribution in [0.5, 0.6) is 0 Å². The standard InChI is InChI=1S/C18H27ClN2O2/c1-3-4-5-11-20-18(23)10-13-21(15(2)22)12-9-16-7-6-8-17(19)14-16/h6-8,14H,3-5,9-13H2,1-2H3,(H,20,23). The number of nitrogens with zero attached hydrogens (tertiary/aromatic N) is 1. The van der Waals surface area contributed by atoms with E-state index in [9.17, 15) is 9.59 Å². The first kappa shape index (κ1) is 19.5. The van der Waals surface area contributed by atoms with Crippen LogP contribution in [0.15, 0.2) is 24.3 Å². The maximum atomic E-state index is 11.8. The number of benzene rings is 1. The molecule has 0 atom stereocenters. The summed E-state index contributed by atoms with van der Waals surface area (Å²) in [6.45, 7) is 5.44. The summed E-state index contributed by atoms with van der Waals surface area (Å²) >= 11 is 5.96. The number of unbranched alkanes of at least 4 members (excludes halogenated alkanes) is 2. The Balaban J connectivity index is 2.34. The highest BCUT2D eigenvalue weighted by Crippen LogP contribution is 2.11. The molecule has 0 heterocycles. The predicted molar refractivity (Wildman–Crippen MR) is 94.6 cm³/mol. The Hall–Kier alpha value is -1.55. The molecule has 0 spiro atoms. The summed E-state index contributed by atoms with van der Waals surface area (Å²) in [5.41, 5.74) is 1.09. The fourth-order valence-electron chi connectivity index (χ4n) is 2.31. The Morgan fingerprint density at radius 1 is 1.22 bits per heavy atom. The Bertz CT molecular complexity index is 506. The number of halogens is 1. The zero-order valence-electron chi connectivity index (χ0n) is 14.1. The van der Waals surface area contributed by atoms with Crippen molar-refractivity contribution in [3.8, 4) is 0 Å². The molecule has 4 nitrogen and oxygen atoms in total. The minimum absolute atomic E-state index is 0.00851. The van der Waals surface area contributed by atoms with Crippen molar-refractivity contribution in [3.05, 3.63) is 34.9 Å². The highest BCUT2D eigenvalue weighted by molar-refractivity contribution is 6.30. The number of amides is 2. The third-order valence-corrected chi connectivity index (χ3v) is 3.95. The second-order valence-corrected chi connectivity index (χ2v) is 6.13. The Labute approximate surface area is 144 Å². The van der Waals surface area contributed by atoms with Gasteiger partial charge in [-0.2, -0.15) is 0 Å². The summed E-state index contributed by atoms with van der Waals surface area (Å²) in [5.74, 6) is 0.000852. The molecular formula is C18H27ClN2O2. The van der Waals surface area contributed by atoms with Gasteiger partial charge in [-0.15, -0.1) is 0 Å². The van der Waals surface area contributed by atoms with E-state index >= 15 is 0 Å². The van der Waals surface area contributed by atoms with Gasteiger partial charge in [0.05, 0.1) is 0 Å². The van der Waals surface area contributed by atoms with Crippen LogP contribution < -0.4 is 5.32 Å². The van der Waals surface area contributed by atoms with Gasteiger partial charge < -0.3 is 10.2 Å². The van der Waals surface area contributed by atoms with Crippen molar-refractivity contribution in [3.63, 3.8) is 0 Å². The minimum atomic E-state index is -0.00851. The van der Waals surface area contributed by atoms with Crippen LogP contribution in [0.1, 0.15) is 45.1 Å². The molecule has 0 aliphatic rings. The Morgan fingerprint density at radius 3 is 2.65 bits per heavy atom. The summed E-state index contributed by atoms with van der Waals surface area (Å²) in [7, 11) is 0. The summed E-state index contributed by atoms with van der Waals surface area (Å²) in [6, 6.07) is 7.63. The second-order valence-electron chi connectivity index (χ2n) is 5.69. The number of hydrogen-bond donors (Lipinski definition) is 1. The van der Waals surface area contributed by atoms with E-state index in [0.717, 1.165) is 37.8 Å². The van der Waals surface area contributed by atoms with E-state index in [0.29, 0.717) is 24.5 Å². The molecule has 23 heavy (non-hydrogen) atoms. The fraction of sp³-hybridized carbons (Fsp3) is 0.556. The van der Waals surface area contributed by atoms with E-state index in [2.05, 4.69) is 12.2 Å². The first-order valence-electron chi connectivity index (χ1n) is 8.29. The third-order valence-electron chi connectivity index (χ3n) is 3.72. The number of hydrogen-bond acceptors (Lipinski definition) is 2. The molecule has 1 rings (SSSR count). The van der Waals surface area contributed by atoms with Gasteiger partial charge in [-0.25, -0.2) is 0 Å². The van der Waals surface area contributed by atoms with Gasteiger partial charge in [-0.3, -0.25) is 9.59 Å². The van der Waals surface area contributed by atoms with E-state index in [1.165, 1.54) is 6.92 Å². The molecule has 1 aromatic rings.